The number of unbranched alkanes of at least 4 members (excludes halogenated alkanes) is 52. The summed E-state index contributed by atoms with van der Waals surface area (Å²) in [4.78, 5) is 24.6. The van der Waals surface area contributed by atoms with Crippen LogP contribution in [0.4, 0.5) is 0 Å². The van der Waals surface area contributed by atoms with Gasteiger partial charge in [-0.2, -0.15) is 0 Å². The Labute approximate surface area is 488 Å². The largest absolute Gasteiger partial charge is 0.466 e. The highest BCUT2D eigenvalue weighted by Gasteiger charge is 2.20. The van der Waals surface area contributed by atoms with Crippen LogP contribution in [0, 0.1) is 0 Å². The molecule has 0 radical (unpaired) electrons. The van der Waals surface area contributed by atoms with Crippen LogP contribution in [0.1, 0.15) is 399 Å². The molecular weight excluding hydrogens is 959 g/mol. The third-order valence-corrected chi connectivity index (χ3v) is 16.7. The van der Waals surface area contributed by atoms with Crippen LogP contribution in [0.5, 0.6) is 0 Å². The molecule has 78 heavy (non-hydrogen) atoms. The zero-order valence-electron chi connectivity index (χ0n) is 52.9. The van der Waals surface area contributed by atoms with Gasteiger partial charge in [0.05, 0.1) is 25.4 Å². The molecule has 0 saturated carbocycles. The first kappa shape index (κ1) is 76.3. The van der Waals surface area contributed by atoms with Crippen LogP contribution < -0.4 is 5.32 Å². The van der Waals surface area contributed by atoms with Crippen LogP contribution in [0.3, 0.4) is 0 Å². The van der Waals surface area contributed by atoms with Crippen molar-refractivity contribution in [2.24, 2.45) is 0 Å². The Balaban J connectivity index is 3.34. The number of aliphatic hydroxyl groups is 2. The molecule has 0 aromatic heterocycles. The van der Waals surface area contributed by atoms with E-state index in [-0.39, 0.29) is 18.5 Å². The summed E-state index contributed by atoms with van der Waals surface area (Å²) < 4.78 is 5.48. The Morgan fingerprint density at radius 2 is 0.667 bits per heavy atom. The van der Waals surface area contributed by atoms with Crippen molar-refractivity contribution in [1.82, 2.24) is 5.32 Å². The molecule has 6 heteroatoms. The number of esters is 1. The van der Waals surface area contributed by atoms with Gasteiger partial charge >= 0.3 is 5.97 Å². The van der Waals surface area contributed by atoms with Crippen molar-refractivity contribution >= 4 is 11.9 Å². The SMILES string of the molecule is CCC/C=C\C/C=C\CCCCCCCC(=O)OCCCCCCCCCCCCCCCCCCCCCCCCCCCCCCCC(=O)NC(CO)C(O)CCCCCCCCCCCCCCCCCCCCC. The number of carbonyl (C=O) groups excluding carboxylic acids is 2. The molecule has 0 bridgehead atoms. The molecule has 6 nitrogen and oxygen atoms in total. The minimum absolute atomic E-state index is 0.00472. The highest BCUT2D eigenvalue weighted by molar-refractivity contribution is 5.76. The number of ether oxygens (including phenoxy) is 1. The summed E-state index contributed by atoms with van der Waals surface area (Å²) in [6, 6.07) is -0.539. The van der Waals surface area contributed by atoms with Crippen LogP contribution in [-0.2, 0) is 14.3 Å². The normalized spacial score (nSPS) is 12.6. The van der Waals surface area contributed by atoms with Gasteiger partial charge in [0.15, 0.2) is 0 Å². The van der Waals surface area contributed by atoms with Crippen molar-refractivity contribution in [3.05, 3.63) is 24.3 Å². The Morgan fingerprint density at radius 1 is 0.359 bits per heavy atom. The van der Waals surface area contributed by atoms with E-state index in [1.807, 2.05) is 0 Å². The minimum atomic E-state index is -0.662. The van der Waals surface area contributed by atoms with Crippen LogP contribution in [-0.4, -0.2) is 47.4 Å². The molecule has 0 spiro atoms. The second-order valence-electron chi connectivity index (χ2n) is 24.6. The van der Waals surface area contributed by atoms with Crippen LogP contribution >= 0.6 is 0 Å². The molecule has 2 atom stereocenters. The van der Waals surface area contributed by atoms with Gasteiger partial charge in [-0.1, -0.05) is 359 Å². The van der Waals surface area contributed by atoms with Crippen molar-refractivity contribution in [1.29, 1.82) is 0 Å². The molecule has 0 aliphatic rings. The Kier molecular flexibility index (Phi) is 66.4. The van der Waals surface area contributed by atoms with Crippen LogP contribution in [0.2, 0.25) is 0 Å². The molecule has 0 heterocycles. The van der Waals surface area contributed by atoms with Crippen molar-refractivity contribution in [2.45, 2.75) is 411 Å². The third kappa shape index (κ3) is 63.5. The molecular formula is C72H139NO5. The topological polar surface area (TPSA) is 95.9 Å². The average molecular weight is 1100 g/mol. The van der Waals surface area contributed by atoms with E-state index in [9.17, 15) is 19.8 Å². The van der Waals surface area contributed by atoms with E-state index in [1.54, 1.807) is 0 Å². The van der Waals surface area contributed by atoms with Crippen LogP contribution in [0.25, 0.3) is 0 Å². The quantitative estimate of drug-likeness (QED) is 0.0320. The van der Waals surface area contributed by atoms with Gasteiger partial charge in [0.1, 0.15) is 0 Å². The van der Waals surface area contributed by atoms with E-state index in [1.165, 1.54) is 315 Å². The van der Waals surface area contributed by atoms with E-state index in [2.05, 4.69) is 43.5 Å². The summed E-state index contributed by atoms with van der Waals surface area (Å²) in [6.45, 7) is 4.92. The average Bonchev–Trinajstić information content (AvgIpc) is 3.44. The maximum Gasteiger partial charge on any atom is 0.305 e. The number of allylic oxidation sites excluding steroid dienone is 4. The summed E-state index contributed by atoms with van der Waals surface area (Å²) in [5.41, 5.74) is 0. The van der Waals surface area contributed by atoms with Gasteiger partial charge in [-0.15, -0.1) is 0 Å². The first-order chi connectivity index (χ1) is 38.5. The lowest BCUT2D eigenvalue weighted by Crippen LogP contribution is -2.45. The van der Waals surface area contributed by atoms with Crippen molar-refractivity contribution in [3.8, 4) is 0 Å². The zero-order valence-corrected chi connectivity index (χ0v) is 52.9. The lowest BCUT2D eigenvalue weighted by Gasteiger charge is -2.22. The Morgan fingerprint density at radius 3 is 1.03 bits per heavy atom. The molecule has 3 N–H and O–H groups in total. The van der Waals surface area contributed by atoms with E-state index >= 15 is 0 Å². The van der Waals surface area contributed by atoms with Crippen molar-refractivity contribution in [2.75, 3.05) is 13.2 Å². The summed E-state index contributed by atoms with van der Waals surface area (Å²) in [5, 5.41) is 23.4. The second-order valence-corrected chi connectivity index (χ2v) is 24.6. The number of nitrogens with one attached hydrogen (secondary N) is 1. The molecule has 0 aliphatic carbocycles. The number of aliphatic hydroxyl groups excluding tert-OH is 2. The van der Waals surface area contributed by atoms with Crippen molar-refractivity contribution < 1.29 is 24.5 Å². The predicted molar refractivity (Wildman–Crippen MR) is 343 cm³/mol. The predicted octanol–water partition coefficient (Wildman–Crippen LogP) is 22.9. The summed E-state index contributed by atoms with van der Waals surface area (Å²) in [7, 11) is 0. The maximum atomic E-state index is 12.5. The fourth-order valence-electron chi connectivity index (χ4n) is 11.3. The first-order valence-electron chi connectivity index (χ1n) is 35.6. The van der Waals surface area contributed by atoms with Gasteiger partial charge < -0.3 is 20.3 Å². The Hall–Kier alpha value is -1.66. The third-order valence-electron chi connectivity index (χ3n) is 16.7. The lowest BCUT2D eigenvalue weighted by molar-refractivity contribution is -0.143. The number of rotatable bonds is 67. The van der Waals surface area contributed by atoms with Gasteiger partial charge in [-0.3, -0.25) is 9.59 Å². The molecule has 1 amide bonds. The standard InChI is InChI=1S/C72H139NO5/c1-3-5-7-9-11-13-15-17-18-19-31-34-37-41-44-48-52-56-60-64-70(75)69(68-74)73-71(76)65-61-57-53-49-45-42-38-35-32-29-27-25-23-21-20-22-24-26-28-30-33-36-39-43-47-51-55-59-63-67-78-72(77)66-62-58-54-50-46-40-16-14-12-10-8-6-4-2/h8,10,14,16,69-70,74-75H,3-7,9,11-13,15,17-68H2,1-2H3,(H,73,76)/b10-8-,16-14-. The molecule has 0 aromatic carbocycles. The maximum absolute atomic E-state index is 12.5. The summed E-state index contributed by atoms with van der Waals surface area (Å²) in [6.07, 6.45) is 85.2. The first-order valence-corrected chi connectivity index (χ1v) is 35.6. The van der Waals surface area contributed by atoms with E-state index < -0.39 is 12.1 Å². The van der Waals surface area contributed by atoms with E-state index in [4.69, 9.17) is 4.74 Å². The molecule has 2 unspecified atom stereocenters. The van der Waals surface area contributed by atoms with Gasteiger partial charge in [0.2, 0.25) is 5.91 Å². The summed E-state index contributed by atoms with van der Waals surface area (Å²) in [5.74, 6) is -0.0226. The molecule has 0 saturated heterocycles. The zero-order chi connectivity index (χ0) is 56.4. The van der Waals surface area contributed by atoms with Gasteiger partial charge in [-0.05, 0) is 51.4 Å². The molecule has 0 rings (SSSR count). The Bertz CT molecular complexity index is 1220. The van der Waals surface area contributed by atoms with Gasteiger partial charge in [0, 0.05) is 12.8 Å². The second kappa shape index (κ2) is 67.8. The highest BCUT2D eigenvalue weighted by Crippen LogP contribution is 2.19. The monoisotopic (exact) mass is 1100 g/mol. The van der Waals surface area contributed by atoms with Gasteiger partial charge in [0.25, 0.3) is 0 Å². The fraction of sp³-hybridized carbons (Fsp3) is 0.917. The number of carbonyl (C=O) groups is 2. The lowest BCUT2D eigenvalue weighted by atomic mass is 10.0. The number of hydrogen-bond acceptors (Lipinski definition) is 5. The minimum Gasteiger partial charge on any atom is -0.466 e. The van der Waals surface area contributed by atoms with E-state index in [0.717, 1.165) is 51.4 Å². The van der Waals surface area contributed by atoms with E-state index in [0.29, 0.717) is 25.9 Å². The van der Waals surface area contributed by atoms with Crippen molar-refractivity contribution in [3.63, 3.8) is 0 Å². The molecule has 462 valence electrons. The number of hydrogen-bond donors (Lipinski definition) is 3. The molecule has 0 aromatic rings. The molecule has 0 fully saturated rings. The smallest absolute Gasteiger partial charge is 0.305 e. The van der Waals surface area contributed by atoms with Crippen LogP contribution in [0.15, 0.2) is 24.3 Å². The van der Waals surface area contributed by atoms with Gasteiger partial charge in [-0.25, -0.2) is 0 Å². The summed E-state index contributed by atoms with van der Waals surface area (Å²) >= 11 is 0. The highest BCUT2D eigenvalue weighted by atomic mass is 16.5. The number of amides is 1. The fourth-order valence-corrected chi connectivity index (χ4v) is 11.3. The molecule has 0 aliphatic heterocycles.